The zero-order valence-corrected chi connectivity index (χ0v) is 18.0. The number of aliphatic hydroxyl groups is 2. The van der Waals surface area contributed by atoms with E-state index in [4.69, 9.17) is 4.43 Å². The lowest BCUT2D eigenvalue weighted by Crippen LogP contribution is -2.57. The molecule has 0 aromatic heterocycles. The largest absolute Gasteiger partial charge is 0.471 e. The zero-order valence-electron chi connectivity index (χ0n) is 17.0. The van der Waals surface area contributed by atoms with Gasteiger partial charge in [0.25, 0.3) is 0 Å². The summed E-state index contributed by atoms with van der Waals surface area (Å²) in [5.41, 5.74) is 0. The van der Waals surface area contributed by atoms with E-state index >= 15 is 0 Å². The highest BCUT2D eigenvalue weighted by atomic mass is 28.4. The number of carbonyl (C=O) groups excluding carboxylic acids is 1. The minimum atomic E-state index is -4.94. The molecule has 2 N–H and O–H groups in total. The van der Waals surface area contributed by atoms with Gasteiger partial charge in [0, 0.05) is 19.8 Å². The Morgan fingerprint density at radius 1 is 1.11 bits per heavy atom. The van der Waals surface area contributed by atoms with Crippen molar-refractivity contribution in [2.24, 2.45) is 11.8 Å². The second kappa shape index (κ2) is 9.24. The van der Waals surface area contributed by atoms with Crippen molar-refractivity contribution in [3.63, 3.8) is 0 Å². The smallest absolute Gasteiger partial charge is 0.415 e. The van der Waals surface area contributed by atoms with E-state index in [1.54, 1.807) is 0 Å². The van der Waals surface area contributed by atoms with Crippen LogP contribution in [0.25, 0.3) is 0 Å². The van der Waals surface area contributed by atoms with Crippen LogP contribution in [-0.2, 0) is 9.22 Å². The molecule has 0 unspecified atom stereocenters. The lowest BCUT2D eigenvalue weighted by Gasteiger charge is -2.46. The Bertz CT molecular complexity index is 494. The SMILES string of the molecule is CC(C)(C)[Si](C)(C)OC[C@@H]1C[C@H](CCO)[C@@H](CCO)CN1C(=O)C(F)(F)F. The van der Waals surface area contributed by atoms with Crippen molar-refractivity contribution >= 4 is 14.2 Å². The van der Waals surface area contributed by atoms with Gasteiger partial charge in [-0.3, -0.25) is 4.79 Å². The standard InChI is InChI=1S/C18H34F3NO4Si/c1-17(2,3)27(4,5)26-12-15-10-13(6-8-23)14(7-9-24)11-22(15)16(25)18(19,20)21/h13-15,23-24H,6-12H2,1-5H3/t13-,14-,15-/m0/s1. The summed E-state index contributed by atoms with van der Waals surface area (Å²) < 4.78 is 45.5. The van der Waals surface area contributed by atoms with Crippen molar-refractivity contribution in [2.45, 2.75) is 70.4 Å². The summed E-state index contributed by atoms with van der Waals surface area (Å²) in [6, 6.07) is -0.681. The highest BCUT2D eigenvalue weighted by Crippen LogP contribution is 2.39. The van der Waals surface area contributed by atoms with Crippen molar-refractivity contribution in [1.29, 1.82) is 0 Å². The molecule has 1 aliphatic rings. The molecule has 1 amide bonds. The molecule has 1 fully saturated rings. The zero-order chi connectivity index (χ0) is 21.0. The van der Waals surface area contributed by atoms with E-state index in [1.807, 2.05) is 33.9 Å². The summed E-state index contributed by atoms with van der Waals surface area (Å²) >= 11 is 0. The second-order valence-corrected chi connectivity index (χ2v) is 13.8. The number of halogens is 3. The molecule has 0 aliphatic carbocycles. The van der Waals surface area contributed by atoms with Gasteiger partial charge in [-0.05, 0) is 49.2 Å². The number of hydrogen-bond donors (Lipinski definition) is 2. The number of nitrogens with zero attached hydrogens (tertiary/aromatic N) is 1. The molecule has 1 saturated heterocycles. The number of hydrogen-bond acceptors (Lipinski definition) is 4. The number of piperidine rings is 1. The summed E-state index contributed by atoms with van der Waals surface area (Å²) in [5, 5.41) is 18.5. The van der Waals surface area contributed by atoms with Crippen LogP contribution in [0.4, 0.5) is 13.2 Å². The average molecular weight is 414 g/mol. The number of aliphatic hydroxyl groups excluding tert-OH is 2. The number of rotatable bonds is 7. The van der Waals surface area contributed by atoms with Crippen molar-refractivity contribution in [1.82, 2.24) is 4.90 Å². The van der Waals surface area contributed by atoms with Gasteiger partial charge in [-0.2, -0.15) is 13.2 Å². The van der Waals surface area contributed by atoms with Gasteiger partial charge in [-0.15, -0.1) is 0 Å². The van der Waals surface area contributed by atoms with Crippen molar-refractivity contribution in [3.05, 3.63) is 0 Å². The van der Waals surface area contributed by atoms with Gasteiger partial charge in [0.05, 0.1) is 12.6 Å². The maximum atomic E-state index is 13.1. The van der Waals surface area contributed by atoms with Gasteiger partial charge in [0.1, 0.15) is 0 Å². The number of amides is 1. The first-order valence-corrected chi connectivity index (χ1v) is 12.4. The van der Waals surface area contributed by atoms with Crippen molar-refractivity contribution in [2.75, 3.05) is 26.4 Å². The summed E-state index contributed by atoms with van der Waals surface area (Å²) in [4.78, 5) is 12.9. The van der Waals surface area contributed by atoms with Crippen LogP contribution in [0.5, 0.6) is 0 Å². The van der Waals surface area contributed by atoms with Gasteiger partial charge in [0.15, 0.2) is 8.32 Å². The van der Waals surface area contributed by atoms with Gasteiger partial charge >= 0.3 is 12.1 Å². The van der Waals surface area contributed by atoms with Crippen LogP contribution in [-0.4, -0.2) is 67.9 Å². The molecule has 0 spiro atoms. The predicted octanol–water partition coefficient (Wildman–Crippen LogP) is 3.17. The highest BCUT2D eigenvalue weighted by molar-refractivity contribution is 6.74. The molecule has 0 saturated carbocycles. The fraction of sp³-hybridized carbons (Fsp3) is 0.944. The molecule has 0 bridgehead atoms. The Morgan fingerprint density at radius 3 is 2.07 bits per heavy atom. The summed E-state index contributed by atoms with van der Waals surface area (Å²) in [6.45, 7) is 9.93. The van der Waals surface area contributed by atoms with Crippen LogP contribution in [0, 0.1) is 11.8 Å². The molecule has 1 aliphatic heterocycles. The van der Waals surface area contributed by atoms with E-state index < -0.39 is 26.4 Å². The first kappa shape index (κ1) is 24.4. The van der Waals surface area contributed by atoms with Crippen LogP contribution in [0.3, 0.4) is 0 Å². The lowest BCUT2D eigenvalue weighted by atomic mass is 9.78. The fourth-order valence-corrected chi connectivity index (χ4v) is 4.36. The van der Waals surface area contributed by atoms with Gasteiger partial charge < -0.3 is 19.5 Å². The van der Waals surface area contributed by atoms with Crippen LogP contribution in [0.1, 0.15) is 40.0 Å². The summed E-state index contributed by atoms with van der Waals surface area (Å²) in [5.74, 6) is -2.17. The topological polar surface area (TPSA) is 70.0 Å². The van der Waals surface area contributed by atoms with Gasteiger partial charge in [-0.1, -0.05) is 20.8 Å². The van der Waals surface area contributed by atoms with E-state index in [9.17, 15) is 28.2 Å². The molecule has 0 aromatic rings. The number of carbonyl (C=O) groups is 1. The summed E-state index contributed by atoms with van der Waals surface area (Å²) in [6.07, 6.45) is -3.86. The fourth-order valence-electron chi connectivity index (χ4n) is 3.32. The normalized spacial score (nSPS) is 25.0. The molecule has 0 radical (unpaired) electrons. The monoisotopic (exact) mass is 413 g/mol. The average Bonchev–Trinajstić information content (AvgIpc) is 2.52. The maximum Gasteiger partial charge on any atom is 0.471 e. The second-order valence-electron chi connectivity index (χ2n) is 8.96. The minimum Gasteiger partial charge on any atom is -0.415 e. The molecule has 27 heavy (non-hydrogen) atoms. The minimum absolute atomic E-state index is 0.0487. The molecule has 9 heteroatoms. The highest BCUT2D eigenvalue weighted by Gasteiger charge is 2.48. The lowest BCUT2D eigenvalue weighted by molar-refractivity contribution is -0.192. The molecule has 0 aromatic carbocycles. The quantitative estimate of drug-likeness (QED) is 0.629. The Labute approximate surface area is 161 Å². The van der Waals surface area contributed by atoms with Crippen LogP contribution >= 0.6 is 0 Å². The molecule has 160 valence electrons. The first-order valence-electron chi connectivity index (χ1n) is 9.48. The maximum absolute atomic E-state index is 13.1. The third-order valence-electron chi connectivity index (χ3n) is 6.06. The number of likely N-dealkylation sites (tertiary alicyclic amines) is 1. The van der Waals surface area contributed by atoms with Crippen LogP contribution < -0.4 is 0 Å². The Morgan fingerprint density at radius 2 is 1.63 bits per heavy atom. The van der Waals surface area contributed by atoms with Crippen molar-refractivity contribution < 1.29 is 32.6 Å². The molecule has 3 atom stereocenters. The van der Waals surface area contributed by atoms with Crippen molar-refractivity contribution in [3.8, 4) is 0 Å². The van der Waals surface area contributed by atoms with Crippen LogP contribution in [0.2, 0.25) is 18.1 Å². The van der Waals surface area contributed by atoms with E-state index in [2.05, 4.69) is 0 Å². The molecular weight excluding hydrogens is 379 g/mol. The molecule has 1 rings (SSSR count). The Hall–Kier alpha value is -0.643. The summed E-state index contributed by atoms with van der Waals surface area (Å²) in [7, 11) is -2.18. The Kier molecular flexibility index (Phi) is 8.35. The van der Waals surface area contributed by atoms with Gasteiger partial charge in [-0.25, -0.2) is 0 Å². The van der Waals surface area contributed by atoms with E-state index in [0.717, 1.165) is 4.90 Å². The van der Waals surface area contributed by atoms with Gasteiger partial charge in [0.2, 0.25) is 0 Å². The third kappa shape index (κ3) is 6.44. The van der Waals surface area contributed by atoms with E-state index in [1.165, 1.54) is 0 Å². The Balaban J connectivity index is 3.04. The van der Waals surface area contributed by atoms with E-state index in [0.29, 0.717) is 19.3 Å². The molecule has 5 nitrogen and oxygen atoms in total. The van der Waals surface area contributed by atoms with E-state index in [-0.39, 0.29) is 43.2 Å². The van der Waals surface area contributed by atoms with Crippen LogP contribution in [0.15, 0.2) is 0 Å². The third-order valence-corrected chi connectivity index (χ3v) is 10.6. The number of alkyl halides is 3. The molecular formula is C18H34F3NO4Si. The first-order chi connectivity index (χ1) is 12.2. The predicted molar refractivity (Wildman–Crippen MR) is 99.7 cm³/mol. The molecule has 1 heterocycles.